The number of pyridine rings is 1. The van der Waals surface area contributed by atoms with Crippen LogP contribution in [-0.2, 0) is 9.59 Å². The largest absolute Gasteiger partial charge is 0.441 e. The van der Waals surface area contributed by atoms with Crippen molar-refractivity contribution >= 4 is 57.9 Å². The van der Waals surface area contributed by atoms with Crippen molar-refractivity contribution in [2.24, 2.45) is 21.1 Å². The Morgan fingerprint density at radius 3 is 2.60 bits per heavy atom. The highest BCUT2D eigenvalue weighted by Crippen LogP contribution is 2.42. The number of anilines is 2. The number of nitrogens with two attached hydrogens (primary N) is 2. The van der Waals surface area contributed by atoms with E-state index in [-0.39, 0.29) is 24.1 Å². The van der Waals surface area contributed by atoms with Gasteiger partial charge in [-0.1, -0.05) is 30.3 Å². The lowest BCUT2D eigenvalue weighted by Crippen LogP contribution is -2.43. The Kier molecular flexibility index (Phi) is 8.74. The van der Waals surface area contributed by atoms with Crippen molar-refractivity contribution in [3.63, 3.8) is 0 Å². The molecule has 2 saturated heterocycles. The van der Waals surface area contributed by atoms with Crippen LogP contribution in [0.15, 0.2) is 75.1 Å². The first kappa shape index (κ1) is 32.8. The molecule has 2 fully saturated rings. The minimum atomic E-state index is -0.564. The predicted molar refractivity (Wildman–Crippen MR) is 195 cm³/mol. The summed E-state index contributed by atoms with van der Waals surface area (Å²) >= 11 is 0. The van der Waals surface area contributed by atoms with Gasteiger partial charge in [-0.15, -0.1) is 0 Å². The molecule has 0 aliphatic carbocycles. The van der Waals surface area contributed by atoms with Gasteiger partial charge in [-0.3, -0.25) is 29.8 Å². The van der Waals surface area contributed by atoms with E-state index in [9.17, 15) is 9.59 Å². The number of aliphatic imine (C=N–C) groups is 2. The summed E-state index contributed by atoms with van der Waals surface area (Å²) in [4.78, 5) is 50.1. The molecule has 1 atom stereocenters. The molecule has 1 spiro atoms. The Morgan fingerprint density at radius 2 is 1.84 bits per heavy atom. The van der Waals surface area contributed by atoms with Gasteiger partial charge in [-0.05, 0) is 67.3 Å². The topological polar surface area (TPSA) is 183 Å². The maximum atomic E-state index is 14.0. The Balaban J connectivity index is 0.967. The van der Waals surface area contributed by atoms with Gasteiger partial charge >= 0.3 is 0 Å². The van der Waals surface area contributed by atoms with Gasteiger partial charge in [0.15, 0.2) is 11.5 Å². The highest BCUT2D eigenvalue weighted by molar-refractivity contribution is 6.14. The number of fused-ring (bicyclic) bond motifs is 1. The fourth-order valence-corrected chi connectivity index (χ4v) is 7.15. The Labute approximate surface area is 289 Å². The second-order valence-electron chi connectivity index (χ2n) is 13.1. The van der Waals surface area contributed by atoms with Crippen molar-refractivity contribution in [2.75, 3.05) is 56.9 Å². The van der Waals surface area contributed by atoms with Gasteiger partial charge in [0.05, 0.1) is 23.4 Å². The smallest absolute Gasteiger partial charge is 0.237 e. The van der Waals surface area contributed by atoms with Crippen LogP contribution < -0.4 is 16.4 Å². The molecule has 7 rings (SSSR count). The molecule has 5 N–H and O–H groups in total. The number of oxazole rings is 1. The Bertz CT molecular complexity index is 2080. The summed E-state index contributed by atoms with van der Waals surface area (Å²) in [7, 11) is 1.64. The molecule has 4 aromatic rings. The number of hydrogen-bond donors (Lipinski definition) is 3. The third-order valence-electron chi connectivity index (χ3n) is 9.94. The number of aryl methyl sites for hydroxylation is 1. The number of nitrogens with zero attached hydrogens (tertiary/aromatic N) is 7. The number of carbonyl (C=O) groups excluding carboxylic acids is 2. The first-order chi connectivity index (χ1) is 24.1. The van der Waals surface area contributed by atoms with E-state index < -0.39 is 5.41 Å². The van der Waals surface area contributed by atoms with E-state index in [1.54, 1.807) is 49.2 Å². The summed E-state index contributed by atoms with van der Waals surface area (Å²) in [6.07, 6.45) is 5.66. The van der Waals surface area contributed by atoms with Crippen LogP contribution in [0, 0.1) is 17.7 Å². The van der Waals surface area contributed by atoms with Gasteiger partial charge in [0.1, 0.15) is 29.2 Å². The normalized spacial score (nSPS) is 20.1. The number of amidine groups is 1. The van der Waals surface area contributed by atoms with E-state index in [1.165, 1.54) is 11.9 Å². The Hall–Kier alpha value is -5.69. The van der Waals surface area contributed by atoms with Gasteiger partial charge in [-0.2, -0.15) is 0 Å². The maximum Gasteiger partial charge on any atom is 0.237 e. The lowest BCUT2D eigenvalue weighted by molar-refractivity contribution is -0.132. The van der Waals surface area contributed by atoms with Crippen molar-refractivity contribution in [3.05, 3.63) is 88.9 Å². The molecule has 2 aromatic carbocycles. The Morgan fingerprint density at radius 1 is 1.06 bits per heavy atom. The molecule has 0 unspecified atom stereocenters. The quantitative estimate of drug-likeness (QED) is 0.187. The second-order valence-corrected chi connectivity index (χ2v) is 13.1. The van der Waals surface area contributed by atoms with Crippen molar-refractivity contribution < 1.29 is 14.0 Å². The minimum absolute atomic E-state index is 0.00443. The summed E-state index contributed by atoms with van der Waals surface area (Å²) in [5.41, 5.74) is 17.6. The third-order valence-corrected chi connectivity index (χ3v) is 9.94. The molecule has 0 radical (unpaired) electrons. The number of carbonyl (C=O) groups is 2. The highest BCUT2D eigenvalue weighted by atomic mass is 16.3. The van der Waals surface area contributed by atoms with Gasteiger partial charge in [0.25, 0.3) is 0 Å². The standard InChI is InChI=1S/C37H40N10O3/c1-23-43-29-19-27(7-9-30(29)50-23)33(39)34-28(38)8-10-31(44-34)47-18-14-37(36(47)49)13-17-45(21-37)20-32(48)46-15-11-25(12-16-46)24-3-5-26(6-4-24)35(40)42-22-41-2/h3-11,19,22,39H,12-18,20-21,38H2,1-2H3,(H2,40,41,42)/t37-/m0/s1. The molecular weight excluding hydrogens is 632 g/mol. The summed E-state index contributed by atoms with van der Waals surface area (Å²) in [6.45, 7) is 4.97. The fourth-order valence-electron chi connectivity index (χ4n) is 7.15. The number of amides is 2. The number of nitrogens with one attached hydrogen (secondary N) is 1. The SMILES string of the molecule is CN=CN=C(N)c1ccc(C2=CCN(C(=O)CN3CC[C@]4(CCN(c5ccc(N)c(C(=N)c6ccc7oc(C)nc7c6)n5)C4=O)C3)CC2)cc1. The number of likely N-dealkylation sites (tertiary alicyclic amines) is 1. The second kappa shape index (κ2) is 13.3. The summed E-state index contributed by atoms with van der Waals surface area (Å²) < 4.78 is 5.57. The lowest BCUT2D eigenvalue weighted by Gasteiger charge is -2.29. The molecule has 13 heteroatoms. The lowest BCUT2D eigenvalue weighted by atomic mass is 9.85. The summed E-state index contributed by atoms with van der Waals surface area (Å²) in [5, 5.41) is 8.88. The highest BCUT2D eigenvalue weighted by Gasteiger charge is 2.51. The maximum absolute atomic E-state index is 14.0. The van der Waals surface area contributed by atoms with Crippen LogP contribution in [0.4, 0.5) is 11.5 Å². The molecule has 13 nitrogen and oxygen atoms in total. The average molecular weight is 673 g/mol. The molecule has 0 saturated carbocycles. The molecular formula is C37H40N10O3. The van der Waals surface area contributed by atoms with E-state index in [1.807, 2.05) is 29.2 Å². The van der Waals surface area contributed by atoms with Gasteiger partial charge in [-0.25, -0.2) is 15.0 Å². The van der Waals surface area contributed by atoms with E-state index in [2.05, 4.69) is 25.9 Å². The van der Waals surface area contributed by atoms with Crippen LogP contribution in [-0.4, -0.2) is 95.8 Å². The van der Waals surface area contributed by atoms with Crippen LogP contribution >= 0.6 is 0 Å². The van der Waals surface area contributed by atoms with Crippen LogP contribution in [0.2, 0.25) is 0 Å². The van der Waals surface area contributed by atoms with Crippen molar-refractivity contribution in [3.8, 4) is 0 Å². The van der Waals surface area contributed by atoms with Crippen molar-refractivity contribution in [2.45, 2.75) is 26.2 Å². The van der Waals surface area contributed by atoms with E-state index in [0.29, 0.717) is 91.2 Å². The molecule has 3 aliphatic heterocycles. The molecule has 256 valence electrons. The number of nitrogen functional groups attached to an aromatic ring is 1. The number of hydrogen-bond acceptors (Lipinski definition) is 9. The molecule has 0 bridgehead atoms. The zero-order chi connectivity index (χ0) is 35.0. The number of benzene rings is 2. The monoisotopic (exact) mass is 672 g/mol. The minimum Gasteiger partial charge on any atom is -0.441 e. The van der Waals surface area contributed by atoms with E-state index >= 15 is 0 Å². The first-order valence-corrected chi connectivity index (χ1v) is 16.7. The molecule has 2 amide bonds. The van der Waals surface area contributed by atoms with E-state index in [0.717, 1.165) is 17.5 Å². The first-order valence-electron chi connectivity index (χ1n) is 16.7. The number of rotatable bonds is 8. The third kappa shape index (κ3) is 6.27. The van der Waals surface area contributed by atoms with Crippen molar-refractivity contribution in [1.82, 2.24) is 19.8 Å². The van der Waals surface area contributed by atoms with Gasteiger partial charge < -0.3 is 20.8 Å². The molecule has 5 heterocycles. The summed E-state index contributed by atoms with van der Waals surface area (Å²) in [6, 6.07) is 16.7. The van der Waals surface area contributed by atoms with Crippen molar-refractivity contribution in [1.29, 1.82) is 5.41 Å². The van der Waals surface area contributed by atoms with Crippen LogP contribution in [0.3, 0.4) is 0 Å². The summed E-state index contributed by atoms with van der Waals surface area (Å²) in [5.74, 6) is 1.51. The molecule has 50 heavy (non-hydrogen) atoms. The van der Waals surface area contributed by atoms with E-state index in [4.69, 9.17) is 26.3 Å². The zero-order valence-electron chi connectivity index (χ0n) is 28.2. The molecule has 3 aliphatic rings. The molecule has 2 aromatic heterocycles. The van der Waals surface area contributed by atoms with Crippen LogP contribution in [0.5, 0.6) is 0 Å². The van der Waals surface area contributed by atoms with Gasteiger partial charge in [0.2, 0.25) is 11.8 Å². The van der Waals surface area contributed by atoms with Gasteiger partial charge in [0, 0.05) is 51.3 Å². The average Bonchev–Trinajstić information content (AvgIpc) is 3.82. The predicted octanol–water partition coefficient (Wildman–Crippen LogP) is 3.64. The van der Waals surface area contributed by atoms with Crippen LogP contribution in [0.1, 0.15) is 47.5 Å². The number of aromatic nitrogens is 2. The fraction of sp³-hybridized carbons (Fsp3) is 0.324. The zero-order valence-corrected chi connectivity index (χ0v) is 28.2. The van der Waals surface area contributed by atoms with Crippen LogP contribution in [0.25, 0.3) is 16.7 Å².